The summed E-state index contributed by atoms with van der Waals surface area (Å²) in [5, 5.41) is 315. The first-order chi connectivity index (χ1) is 63.3. The molecule has 61 nitrogen and oxygen atoms in total. The lowest BCUT2D eigenvalue weighted by atomic mass is 9.88. The highest BCUT2D eigenvalue weighted by Gasteiger charge is 2.63. The molecule has 10 aliphatic rings. The second kappa shape index (κ2) is 47.9. The Balaban J connectivity index is 0.985. The molecule has 0 aromatic carbocycles. The normalized spacial score (nSPS) is 46.6. The van der Waals surface area contributed by atoms with Gasteiger partial charge in [-0.05, 0) is 6.92 Å². The molecule has 51 atom stereocenters. The van der Waals surface area contributed by atoms with Gasteiger partial charge < -0.3 is 254 Å². The number of amides is 5. The fourth-order valence-electron chi connectivity index (χ4n) is 16.9. The predicted octanol–water partition coefficient (Wildman–Crippen LogP) is -22.0. The Bertz CT molecular complexity index is 3950. The van der Waals surface area contributed by atoms with Crippen molar-refractivity contribution in [1.29, 1.82) is 0 Å². The van der Waals surface area contributed by atoms with Gasteiger partial charge in [-0.2, -0.15) is 8.42 Å². The maximum absolute atomic E-state index is 13.3. The average Bonchev–Trinajstić information content (AvgIpc) is 0.765. The third-order valence-corrected chi connectivity index (χ3v) is 24.4. The zero-order valence-corrected chi connectivity index (χ0v) is 73.1. The van der Waals surface area contributed by atoms with Crippen LogP contribution < -0.4 is 26.6 Å². The topological polar surface area (TPSA) is 948 Å². The summed E-state index contributed by atoms with van der Waals surface area (Å²) >= 11 is 0. The van der Waals surface area contributed by atoms with Gasteiger partial charge in [0.05, 0.1) is 77.7 Å². The van der Waals surface area contributed by atoms with E-state index in [1.54, 1.807) is 0 Å². The van der Waals surface area contributed by atoms with Crippen LogP contribution in [0.25, 0.3) is 0 Å². The number of carboxylic acids is 1. The number of ether oxygens (including phenoxy) is 19. The molecule has 10 fully saturated rings. The van der Waals surface area contributed by atoms with Crippen molar-refractivity contribution >= 4 is 45.9 Å². The van der Waals surface area contributed by atoms with Gasteiger partial charge in [0.25, 0.3) is 5.79 Å². The van der Waals surface area contributed by atoms with E-state index in [4.69, 9.17) is 90.0 Å². The molecule has 0 aliphatic carbocycles. The number of aliphatic carboxylic acids is 1. The van der Waals surface area contributed by atoms with Crippen molar-refractivity contribution in [1.82, 2.24) is 26.6 Å². The molecule has 10 heterocycles. The highest BCUT2D eigenvalue weighted by atomic mass is 32.3. The van der Waals surface area contributed by atoms with E-state index in [-0.39, 0.29) is 0 Å². The molecule has 10 saturated heterocycles. The van der Waals surface area contributed by atoms with Gasteiger partial charge in [-0.1, -0.05) is 0 Å². The zero-order chi connectivity index (χ0) is 100. The first-order valence-corrected chi connectivity index (χ1v) is 43.6. The minimum Gasteiger partial charge on any atom is -0.477 e. The van der Waals surface area contributed by atoms with E-state index in [1.807, 2.05) is 0 Å². The number of aliphatic hydroxyl groups excluding tert-OH is 26. The minimum absolute atomic E-state index is 0.789. The van der Waals surface area contributed by atoms with Gasteiger partial charge in [0.15, 0.2) is 56.6 Å². The number of carbonyl (C=O) groups excluding carboxylic acids is 5. The highest BCUT2D eigenvalue weighted by molar-refractivity contribution is 7.80. The fraction of sp³-hybridized carbons (Fsp3) is 0.918. The lowest BCUT2D eigenvalue weighted by molar-refractivity contribution is -0.399. The standard InChI is InChI=1S/C73H121N5O56S/c1-17-38(91)49(102)53(106)67(119-17)115-14-31-57(46(99)34(63(109)120-31)75-19(3)85)128-65-36(77-21(5)87)47(100)56(28(12-83)124-65)129-69-55(108)60(44(97)29(125-69)13-116-70-61(51(104)41(94)26(10-81)122-70)132-64-35(76-20(4)86)45(98)40(93)25(9-80)121-64)131-71-62(52(105)42(95)27(11-82)123-71)133-66-37(78-22(6)88)48(101)58(32(127-66)16-118-135(112,113)114)130-68-54(107)50(103)43(96)30(126-68)15-117-73(72(110)111)7-23(89)33(74-18(2)84)59(134-73)39(92)24(90)8-79/h17,23-71,79-83,89-109H,7-16H2,1-6H3,(H,74,84)(H,75,85)(H,76,86)(H,77,87)(H,78,88)(H,110,111)(H,112,113,114)/t17-,23-,24+,25+,26+,27+,28+,29+,30+,31+,32+,33+,34+,35+,36+,37+,38+,39+,40+,41+,42+,43-,44+,45+,46+,47+,48+,49+,50-,51-,52-,53-,54+,55-,56+,57+,58+,59+,60-,61-,62-,63+,64-,65-,66-,67+,68-,69-,70-,71+,73+/m0/s1. The third-order valence-electron chi connectivity index (χ3n) is 24.0. The van der Waals surface area contributed by atoms with Crippen molar-refractivity contribution in [2.24, 2.45) is 0 Å². The molecule has 0 aromatic heterocycles. The predicted molar refractivity (Wildman–Crippen MR) is 414 cm³/mol. The van der Waals surface area contributed by atoms with E-state index in [2.05, 4.69) is 30.8 Å². The second-order valence-corrected chi connectivity index (χ2v) is 34.8. The molecule has 0 bridgehead atoms. The molecule has 780 valence electrons. The Morgan fingerprint density at radius 2 is 0.719 bits per heavy atom. The molecule has 62 heteroatoms. The van der Waals surface area contributed by atoms with Gasteiger partial charge in [0, 0.05) is 41.0 Å². The smallest absolute Gasteiger partial charge is 0.397 e. The summed E-state index contributed by atoms with van der Waals surface area (Å²) in [6, 6.07) is -9.71. The monoisotopic (exact) mass is 2000 g/mol. The summed E-state index contributed by atoms with van der Waals surface area (Å²) in [5.41, 5.74) is 0. The maximum atomic E-state index is 13.3. The summed E-state index contributed by atoms with van der Waals surface area (Å²) in [6.45, 7) is -5.27. The van der Waals surface area contributed by atoms with Crippen LogP contribution in [-0.4, -0.2) is 558 Å². The summed E-state index contributed by atoms with van der Waals surface area (Å²) < 4.78 is 152. The first kappa shape index (κ1) is 112. The number of hydrogen-bond donors (Lipinski definition) is 33. The fourth-order valence-corrected chi connectivity index (χ4v) is 17.2. The molecule has 10 rings (SSSR count). The number of carboxylic acid groups (broad SMARTS) is 1. The Morgan fingerprint density at radius 1 is 0.356 bits per heavy atom. The maximum Gasteiger partial charge on any atom is 0.397 e. The van der Waals surface area contributed by atoms with Crippen LogP contribution in [0.4, 0.5) is 0 Å². The van der Waals surface area contributed by atoms with E-state index in [0.717, 1.165) is 34.6 Å². The Hall–Kier alpha value is -5.11. The average molecular weight is 2000 g/mol. The van der Waals surface area contributed by atoms with E-state index in [0.29, 0.717) is 0 Å². The van der Waals surface area contributed by atoms with Crippen LogP contribution in [0.15, 0.2) is 0 Å². The lowest BCUT2D eigenvalue weighted by Gasteiger charge is -2.51. The molecule has 0 saturated carbocycles. The van der Waals surface area contributed by atoms with Crippen LogP contribution in [-0.2, 0) is 133 Å². The Labute approximate surface area is 763 Å². The zero-order valence-electron chi connectivity index (χ0n) is 72.3. The van der Waals surface area contributed by atoms with E-state index >= 15 is 0 Å². The van der Waals surface area contributed by atoms with Crippen molar-refractivity contribution in [3.63, 3.8) is 0 Å². The summed E-state index contributed by atoms with van der Waals surface area (Å²) in [7, 11) is -5.68. The molecule has 0 unspecified atom stereocenters. The van der Waals surface area contributed by atoms with Gasteiger partial charge >= 0.3 is 16.4 Å². The summed E-state index contributed by atoms with van der Waals surface area (Å²) in [5.74, 6) is -10.1. The van der Waals surface area contributed by atoms with Crippen molar-refractivity contribution in [3.05, 3.63) is 0 Å². The van der Waals surface area contributed by atoms with Crippen molar-refractivity contribution in [2.45, 2.75) is 360 Å². The van der Waals surface area contributed by atoms with Crippen molar-refractivity contribution < 1.29 is 274 Å². The summed E-state index contributed by atoms with van der Waals surface area (Å²) in [6.07, 6.45) is -101. The quantitative estimate of drug-likeness (QED) is 0.0257. The molecular formula is C73H121N5O56S. The molecule has 0 aromatic rings. The van der Waals surface area contributed by atoms with E-state index < -0.39 is 424 Å². The van der Waals surface area contributed by atoms with Gasteiger partial charge in [-0.25, -0.2) is 8.98 Å². The van der Waals surface area contributed by atoms with Gasteiger partial charge in [0.2, 0.25) is 29.5 Å². The van der Waals surface area contributed by atoms with Gasteiger partial charge in [-0.3, -0.25) is 28.5 Å². The van der Waals surface area contributed by atoms with Gasteiger partial charge in [-0.15, -0.1) is 0 Å². The Morgan fingerprint density at radius 3 is 1.21 bits per heavy atom. The number of hydrogen-bond acceptors (Lipinski definition) is 54. The van der Waals surface area contributed by atoms with Crippen LogP contribution in [0.3, 0.4) is 0 Å². The molecule has 0 radical (unpaired) electrons. The van der Waals surface area contributed by atoms with Crippen LogP contribution in [0, 0.1) is 0 Å². The van der Waals surface area contributed by atoms with Crippen molar-refractivity contribution in [3.8, 4) is 0 Å². The number of nitrogens with one attached hydrogen (secondary N) is 5. The highest BCUT2D eigenvalue weighted by Crippen LogP contribution is 2.42. The molecule has 10 aliphatic heterocycles. The molecular weight excluding hydrogens is 1870 g/mol. The number of rotatable bonds is 37. The molecule has 0 spiro atoms. The Kier molecular flexibility index (Phi) is 39.7. The SMILES string of the molecule is CC(=O)N[C@@H]1[C@@H](O)[C@H](O[C@@H]2O[C@H](CO)[C@@H](O[C@@H]3O[C@H](CO[C@H]4O[C@H](CO)[C@@H](O)[C@H](O)[C@@H]4O[C@@H]4O[C@H](CO)[C@@H](O)[C@H](O)[C@H]4NC(C)=O)[C@@H](O)[C@H](O[C@H]4O[C@H](CO)[C@@H](O)[C@H](O)[C@@H]4O[C@@H]4O[C@H](COS(=O)(=O)O)[C@@H](O[C@@H]5O[C@H](CO[C@]6(C(=O)O)C[C@H](O)[C@@H](NC(C)=O)[C@H]([C@H](O)[C@H](O)CO)O6)[C@H](O)[C@H](O)[C@H]5O)[C@H](O)[C@H]4NC(C)=O)[C@@H]3O)[C@H](O)[C@H]2NC(C)=O)[C@@H](CO[C@@H]2O[C@@H](C)[C@@H](O)[C@@H](O)[C@@H]2O)O[C@H]1O. The van der Waals surface area contributed by atoms with E-state index in [9.17, 15) is 180 Å². The molecule has 5 amide bonds. The van der Waals surface area contributed by atoms with E-state index in [1.165, 1.54) is 6.92 Å². The van der Waals surface area contributed by atoms with Gasteiger partial charge in [0.1, 0.15) is 232 Å². The molecule has 135 heavy (non-hydrogen) atoms. The van der Waals surface area contributed by atoms with Crippen LogP contribution in [0.5, 0.6) is 0 Å². The minimum atomic E-state index is -5.68. The summed E-state index contributed by atoms with van der Waals surface area (Å²) in [4.78, 5) is 77.0. The van der Waals surface area contributed by atoms with Crippen LogP contribution >= 0.6 is 0 Å². The van der Waals surface area contributed by atoms with Crippen LogP contribution in [0.2, 0.25) is 0 Å². The van der Waals surface area contributed by atoms with Crippen molar-refractivity contribution in [2.75, 3.05) is 59.5 Å². The number of carbonyl (C=O) groups is 6. The lowest BCUT2D eigenvalue weighted by Crippen LogP contribution is -2.71. The second-order valence-electron chi connectivity index (χ2n) is 33.7. The third kappa shape index (κ3) is 25.9. The first-order valence-electron chi connectivity index (χ1n) is 42.3. The van der Waals surface area contributed by atoms with Crippen LogP contribution in [0.1, 0.15) is 48.0 Å². The number of aliphatic hydroxyl groups is 26. The molecule has 33 N–H and O–H groups in total. The largest absolute Gasteiger partial charge is 0.477 e.